The van der Waals surface area contributed by atoms with Crippen molar-refractivity contribution in [1.82, 2.24) is 0 Å². The van der Waals surface area contributed by atoms with Crippen LogP contribution in [0.25, 0.3) is 0 Å². The number of nitrogens with one attached hydrogen (secondary N) is 2. The summed E-state index contributed by atoms with van der Waals surface area (Å²) in [5, 5.41) is 5.90. The van der Waals surface area contributed by atoms with Crippen molar-refractivity contribution in [3.05, 3.63) is 23.8 Å². The Bertz CT molecular complexity index is 596. The number of anilines is 2. The van der Waals surface area contributed by atoms with E-state index in [9.17, 15) is 9.59 Å². The lowest BCUT2D eigenvalue weighted by Crippen LogP contribution is -2.23. The largest absolute Gasteiger partial charge is 0.328 e. The molecule has 2 amide bonds. The molecule has 2 aliphatic rings. The third-order valence-corrected chi connectivity index (χ3v) is 4.56. The highest BCUT2D eigenvalue weighted by Crippen LogP contribution is 2.31. The van der Waals surface area contributed by atoms with Crippen molar-refractivity contribution in [1.29, 1.82) is 0 Å². The maximum atomic E-state index is 12.3. The molecule has 2 unspecified atom stereocenters. The molecular weight excluding hydrogens is 278 g/mol. The quantitative estimate of drug-likeness (QED) is 0.798. The summed E-state index contributed by atoms with van der Waals surface area (Å²) in [6.45, 7) is 1.95. The molecule has 0 heterocycles. The fraction of sp³-hybridized carbons (Fsp3) is 0.529. The monoisotopic (exact) mass is 301 g/mol. The molecule has 0 aromatic heterocycles. The smallest absolute Gasteiger partial charge is 0.227 e. The minimum atomic E-state index is -0.000823. The van der Waals surface area contributed by atoms with Crippen LogP contribution >= 0.6 is 0 Å². The Balaban J connectivity index is 1.66. The van der Waals surface area contributed by atoms with Crippen molar-refractivity contribution in [2.45, 2.75) is 45.1 Å². The molecule has 5 heteroatoms. The van der Waals surface area contributed by atoms with E-state index in [0.717, 1.165) is 49.0 Å². The highest BCUT2D eigenvalue weighted by molar-refractivity contribution is 5.97. The lowest BCUT2D eigenvalue weighted by molar-refractivity contribution is -0.119. The average molecular weight is 301 g/mol. The number of amides is 2. The summed E-state index contributed by atoms with van der Waals surface area (Å²) in [5.41, 5.74) is 8.36. The van der Waals surface area contributed by atoms with E-state index in [1.807, 2.05) is 25.1 Å². The van der Waals surface area contributed by atoms with Gasteiger partial charge < -0.3 is 16.4 Å². The molecule has 0 radical (unpaired) electrons. The summed E-state index contributed by atoms with van der Waals surface area (Å²) in [7, 11) is 0. The molecule has 118 valence electrons. The second-order valence-corrected chi connectivity index (χ2v) is 6.55. The van der Waals surface area contributed by atoms with Crippen LogP contribution in [0.3, 0.4) is 0 Å². The van der Waals surface area contributed by atoms with Gasteiger partial charge in [-0.1, -0.05) is 6.07 Å². The molecule has 0 aliphatic heterocycles. The Morgan fingerprint density at radius 1 is 1.05 bits per heavy atom. The maximum Gasteiger partial charge on any atom is 0.227 e. The summed E-state index contributed by atoms with van der Waals surface area (Å²) in [6, 6.07) is 5.76. The second kappa shape index (κ2) is 6.08. The molecule has 0 bridgehead atoms. The second-order valence-electron chi connectivity index (χ2n) is 6.55. The van der Waals surface area contributed by atoms with Crippen LogP contribution in [0, 0.1) is 18.8 Å². The first-order chi connectivity index (χ1) is 10.5. The Hall–Kier alpha value is -1.88. The van der Waals surface area contributed by atoms with Gasteiger partial charge in [0.15, 0.2) is 0 Å². The zero-order chi connectivity index (χ0) is 15.7. The van der Waals surface area contributed by atoms with Gasteiger partial charge >= 0.3 is 0 Å². The van der Waals surface area contributed by atoms with E-state index in [1.165, 1.54) is 0 Å². The van der Waals surface area contributed by atoms with Crippen LogP contribution in [0.15, 0.2) is 18.2 Å². The van der Waals surface area contributed by atoms with Gasteiger partial charge in [-0.2, -0.15) is 0 Å². The summed E-state index contributed by atoms with van der Waals surface area (Å²) in [5.74, 6) is 0.267. The van der Waals surface area contributed by atoms with Gasteiger partial charge in [0.25, 0.3) is 0 Å². The fourth-order valence-electron chi connectivity index (χ4n) is 2.91. The molecule has 3 rings (SSSR count). The molecule has 0 saturated heterocycles. The van der Waals surface area contributed by atoms with Gasteiger partial charge in [0.05, 0.1) is 0 Å². The van der Waals surface area contributed by atoms with Crippen molar-refractivity contribution < 1.29 is 9.59 Å². The van der Waals surface area contributed by atoms with Crippen LogP contribution in [0.1, 0.15) is 37.7 Å². The van der Waals surface area contributed by atoms with E-state index in [-0.39, 0.29) is 29.7 Å². The van der Waals surface area contributed by atoms with Crippen LogP contribution < -0.4 is 16.4 Å². The Kier molecular flexibility index (Phi) is 4.16. The molecule has 4 N–H and O–H groups in total. The van der Waals surface area contributed by atoms with E-state index in [0.29, 0.717) is 0 Å². The molecule has 5 nitrogen and oxygen atoms in total. The van der Waals surface area contributed by atoms with E-state index in [1.54, 1.807) is 0 Å². The van der Waals surface area contributed by atoms with E-state index in [4.69, 9.17) is 5.73 Å². The third-order valence-electron chi connectivity index (χ3n) is 4.56. The molecule has 2 atom stereocenters. The number of rotatable bonds is 4. The van der Waals surface area contributed by atoms with Crippen molar-refractivity contribution >= 4 is 23.2 Å². The van der Waals surface area contributed by atoms with Gasteiger partial charge in [-0.15, -0.1) is 0 Å². The predicted molar refractivity (Wildman–Crippen MR) is 86.5 cm³/mol. The fourth-order valence-corrected chi connectivity index (χ4v) is 2.91. The molecule has 1 aromatic carbocycles. The van der Waals surface area contributed by atoms with Crippen LogP contribution in [0.4, 0.5) is 11.4 Å². The number of hydrogen-bond acceptors (Lipinski definition) is 3. The van der Waals surface area contributed by atoms with Crippen molar-refractivity contribution in [3.8, 4) is 0 Å². The highest BCUT2D eigenvalue weighted by Gasteiger charge is 2.30. The summed E-state index contributed by atoms with van der Waals surface area (Å²) >= 11 is 0. The minimum Gasteiger partial charge on any atom is -0.328 e. The van der Waals surface area contributed by atoms with Crippen LogP contribution in [0.2, 0.25) is 0 Å². The number of aryl methyl sites for hydroxylation is 1. The Morgan fingerprint density at radius 2 is 1.73 bits per heavy atom. The first-order valence-corrected chi connectivity index (χ1v) is 8.01. The summed E-state index contributed by atoms with van der Waals surface area (Å²) < 4.78 is 0. The van der Waals surface area contributed by atoms with Gasteiger partial charge in [-0.25, -0.2) is 0 Å². The van der Waals surface area contributed by atoms with Crippen molar-refractivity contribution in [2.75, 3.05) is 10.6 Å². The first kappa shape index (κ1) is 15.0. The van der Waals surface area contributed by atoms with Crippen LogP contribution in [-0.4, -0.2) is 17.9 Å². The molecule has 2 saturated carbocycles. The number of nitrogens with two attached hydrogens (primary N) is 1. The molecule has 0 spiro atoms. The lowest BCUT2D eigenvalue weighted by atomic mass is 10.1. The standard InChI is InChI=1S/C17H23N3O2/c1-10-2-7-14(19-16(21)11-3-4-11)9-15(10)20-17(22)12-5-6-13(18)8-12/h2,7,9,11-13H,3-6,8,18H2,1H3,(H,19,21)(H,20,22). The number of benzene rings is 1. The lowest BCUT2D eigenvalue weighted by Gasteiger charge is -2.14. The number of carbonyl (C=O) groups excluding carboxylic acids is 2. The summed E-state index contributed by atoms with van der Waals surface area (Å²) in [4.78, 5) is 24.1. The first-order valence-electron chi connectivity index (χ1n) is 8.01. The number of hydrogen-bond donors (Lipinski definition) is 3. The van der Waals surface area contributed by atoms with Gasteiger partial charge in [-0.05, 0) is 56.7 Å². The summed E-state index contributed by atoms with van der Waals surface area (Å²) in [6.07, 6.45) is 4.47. The highest BCUT2D eigenvalue weighted by atomic mass is 16.2. The zero-order valence-electron chi connectivity index (χ0n) is 12.9. The maximum absolute atomic E-state index is 12.3. The molecular formula is C17H23N3O2. The van der Waals surface area contributed by atoms with Crippen molar-refractivity contribution in [3.63, 3.8) is 0 Å². The van der Waals surface area contributed by atoms with Gasteiger partial charge in [0.2, 0.25) is 11.8 Å². The van der Waals surface area contributed by atoms with E-state index < -0.39 is 0 Å². The van der Waals surface area contributed by atoms with Crippen molar-refractivity contribution in [2.24, 2.45) is 17.6 Å². The Labute approximate surface area is 130 Å². The van der Waals surface area contributed by atoms with Crippen LogP contribution in [-0.2, 0) is 9.59 Å². The third kappa shape index (κ3) is 3.47. The van der Waals surface area contributed by atoms with Crippen LogP contribution in [0.5, 0.6) is 0 Å². The van der Waals surface area contributed by atoms with Gasteiger partial charge in [-0.3, -0.25) is 9.59 Å². The molecule has 2 aliphatic carbocycles. The average Bonchev–Trinajstić information content (AvgIpc) is 3.24. The normalized spacial score (nSPS) is 24.1. The van der Waals surface area contributed by atoms with Gasteiger partial charge in [0, 0.05) is 29.3 Å². The van der Waals surface area contributed by atoms with Gasteiger partial charge in [0.1, 0.15) is 0 Å². The molecule has 22 heavy (non-hydrogen) atoms. The minimum absolute atomic E-state index is 0.000823. The molecule has 2 fully saturated rings. The predicted octanol–water partition coefficient (Wildman–Crippen LogP) is 2.41. The molecule has 1 aromatic rings. The topological polar surface area (TPSA) is 84.2 Å². The van der Waals surface area contributed by atoms with E-state index in [2.05, 4.69) is 10.6 Å². The number of carbonyl (C=O) groups is 2. The zero-order valence-corrected chi connectivity index (χ0v) is 12.9. The Morgan fingerprint density at radius 3 is 2.36 bits per heavy atom. The SMILES string of the molecule is Cc1ccc(NC(=O)C2CC2)cc1NC(=O)C1CCC(N)C1. The van der Waals surface area contributed by atoms with E-state index >= 15 is 0 Å².